The van der Waals surface area contributed by atoms with E-state index >= 15 is 0 Å². The molecule has 0 bridgehead atoms. The molecule has 2 heteroatoms. The Morgan fingerprint density at radius 3 is 2.52 bits per heavy atom. The molecular formula is C19H25NS. The van der Waals surface area contributed by atoms with Crippen LogP contribution in [0, 0.1) is 5.92 Å². The first-order valence-electron chi connectivity index (χ1n) is 8.14. The van der Waals surface area contributed by atoms with Crippen LogP contribution < -0.4 is 5.73 Å². The van der Waals surface area contributed by atoms with E-state index in [9.17, 15) is 0 Å². The molecule has 1 heterocycles. The summed E-state index contributed by atoms with van der Waals surface area (Å²) in [5.41, 5.74) is 7.91. The van der Waals surface area contributed by atoms with E-state index in [0.29, 0.717) is 17.9 Å². The summed E-state index contributed by atoms with van der Waals surface area (Å²) in [5.74, 6) is 1.33. The van der Waals surface area contributed by atoms with Crippen molar-refractivity contribution in [1.29, 1.82) is 0 Å². The number of benzene rings is 1. The Labute approximate surface area is 132 Å². The second-order valence-electron chi connectivity index (χ2n) is 6.27. The highest BCUT2D eigenvalue weighted by molar-refractivity contribution is 7.11. The molecule has 21 heavy (non-hydrogen) atoms. The molecule has 1 aliphatic rings. The summed E-state index contributed by atoms with van der Waals surface area (Å²) < 4.78 is 0. The maximum atomic E-state index is 6.41. The van der Waals surface area contributed by atoms with Gasteiger partial charge in [-0.1, -0.05) is 37.3 Å². The summed E-state index contributed by atoms with van der Waals surface area (Å²) in [7, 11) is 0. The molecule has 3 atom stereocenters. The summed E-state index contributed by atoms with van der Waals surface area (Å²) in [4.78, 5) is 3.01. The number of hydrogen-bond donors (Lipinski definition) is 1. The van der Waals surface area contributed by atoms with E-state index < -0.39 is 0 Å². The van der Waals surface area contributed by atoms with Gasteiger partial charge in [-0.25, -0.2) is 0 Å². The van der Waals surface area contributed by atoms with Gasteiger partial charge in [-0.3, -0.25) is 0 Å². The second-order valence-corrected chi connectivity index (χ2v) is 7.52. The highest BCUT2D eigenvalue weighted by Gasteiger charge is 2.29. The largest absolute Gasteiger partial charge is 0.327 e. The van der Waals surface area contributed by atoms with Gasteiger partial charge in [0.2, 0.25) is 0 Å². The predicted molar refractivity (Wildman–Crippen MR) is 91.9 cm³/mol. The lowest BCUT2D eigenvalue weighted by Crippen LogP contribution is -2.36. The zero-order chi connectivity index (χ0) is 14.7. The zero-order valence-electron chi connectivity index (χ0n) is 12.8. The van der Waals surface area contributed by atoms with Gasteiger partial charge < -0.3 is 5.73 Å². The molecule has 0 amide bonds. The third kappa shape index (κ3) is 3.56. The molecule has 0 aliphatic heterocycles. The molecule has 0 spiro atoms. The molecule has 2 aromatic rings. The third-order valence-electron chi connectivity index (χ3n) is 4.84. The van der Waals surface area contributed by atoms with Crippen LogP contribution in [0.1, 0.15) is 47.4 Å². The van der Waals surface area contributed by atoms with Crippen LogP contribution in [0.25, 0.3) is 0 Å². The van der Waals surface area contributed by atoms with Crippen LogP contribution in [0.4, 0.5) is 0 Å². The molecule has 1 fully saturated rings. The van der Waals surface area contributed by atoms with E-state index in [1.165, 1.54) is 28.2 Å². The van der Waals surface area contributed by atoms with E-state index in [2.05, 4.69) is 49.4 Å². The molecule has 2 N–H and O–H groups in total. The molecule has 3 unspecified atom stereocenters. The van der Waals surface area contributed by atoms with Crippen molar-refractivity contribution in [1.82, 2.24) is 0 Å². The first-order valence-corrected chi connectivity index (χ1v) is 8.96. The fourth-order valence-corrected chi connectivity index (χ4v) is 4.58. The van der Waals surface area contributed by atoms with Gasteiger partial charge in [-0.2, -0.15) is 0 Å². The lowest BCUT2D eigenvalue weighted by Gasteiger charge is -2.34. The summed E-state index contributed by atoms with van der Waals surface area (Å²) in [6.07, 6.45) is 5.95. The second kappa shape index (κ2) is 6.76. The van der Waals surface area contributed by atoms with Crippen LogP contribution in [0.5, 0.6) is 0 Å². The van der Waals surface area contributed by atoms with E-state index in [0.717, 1.165) is 19.3 Å². The number of nitrogens with two attached hydrogens (primary N) is 1. The van der Waals surface area contributed by atoms with Gasteiger partial charge in [0.1, 0.15) is 0 Å². The van der Waals surface area contributed by atoms with Crippen molar-refractivity contribution in [2.75, 3.05) is 0 Å². The van der Waals surface area contributed by atoms with Crippen molar-refractivity contribution >= 4 is 11.3 Å². The van der Waals surface area contributed by atoms with Crippen molar-refractivity contribution in [2.24, 2.45) is 11.7 Å². The minimum absolute atomic E-state index is 0.372. The van der Waals surface area contributed by atoms with Gasteiger partial charge in [-0.05, 0) is 61.6 Å². The molecular weight excluding hydrogens is 274 g/mol. The van der Waals surface area contributed by atoms with E-state index in [1.54, 1.807) is 0 Å². The highest BCUT2D eigenvalue weighted by atomic mass is 32.1. The Morgan fingerprint density at radius 1 is 1.05 bits per heavy atom. The van der Waals surface area contributed by atoms with E-state index in [-0.39, 0.29) is 0 Å². The van der Waals surface area contributed by atoms with Crippen LogP contribution >= 0.6 is 11.3 Å². The molecule has 1 aliphatic carbocycles. The first kappa shape index (κ1) is 14.8. The quantitative estimate of drug-likeness (QED) is 0.865. The Morgan fingerprint density at radius 2 is 1.81 bits per heavy atom. The van der Waals surface area contributed by atoms with Gasteiger partial charge in [0.15, 0.2) is 0 Å². The molecule has 1 aromatic heterocycles. The standard InChI is InChI=1S/C19H25NS/c1-2-17-9-10-18(21-17)13-16-12-15(8-11-19(16)20)14-6-4-3-5-7-14/h3-7,9-10,15-16,19H,2,8,11-13,20H2,1H3. The number of hydrogen-bond acceptors (Lipinski definition) is 2. The lowest BCUT2D eigenvalue weighted by molar-refractivity contribution is 0.278. The lowest BCUT2D eigenvalue weighted by atomic mass is 9.74. The van der Waals surface area contributed by atoms with Crippen molar-refractivity contribution < 1.29 is 0 Å². The highest BCUT2D eigenvalue weighted by Crippen LogP contribution is 2.37. The van der Waals surface area contributed by atoms with Crippen molar-refractivity contribution in [3.63, 3.8) is 0 Å². The number of aryl methyl sites for hydroxylation is 1. The van der Waals surface area contributed by atoms with Crippen LogP contribution in [0.2, 0.25) is 0 Å². The first-order chi connectivity index (χ1) is 10.3. The molecule has 3 rings (SSSR count). The zero-order valence-corrected chi connectivity index (χ0v) is 13.6. The van der Waals surface area contributed by atoms with Gasteiger partial charge in [0, 0.05) is 15.8 Å². The molecule has 0 saturated heterocycles. The summed E-state index contributed by atoms with van der Waals surface area (Å²) in [5, 5.41) is 0. The van der Waals surface area contributed by atoms with Crippen molar-refractivity contribution in [2.45, 2.75) is 51.0 Å². The van der Waals surface area contributed by atoms with Crippen LogP contribution in [0.15, 0.2) is 42.5 Å². The van der Waals surface area contributed by atoms with Crippen LogP contribution in [-0.4, -0.2) is 6.04 Å². The van der Waals surface area contributed by atoms with Gasteiger partial charge in [0.05, 0.1) is 0 Å². The summed E-state index contributed by atoms with van der Waals surface area (Å²) >= 11 is 1.97. The predicted octanol–water partition coefficient (Wildman–Crippen LogP) is 4.76. The normalized spacial score (nSPS) is 25.9. The van der Waals surface area contributed by atoms with Gasteiger partial charge in [0.25, 0.3) is 0 Å². The fraction of sp³-hybridized carbons (Fsp3) is 0.474. The number of thiophene rings is 1. The molecule has 1 nitrogen and oxygen atoms in total. The number of rotatable bonds is 4. The Balaban J connectivity index is 1.69. The van der Waals surface area contributed by atoms with Crippen molar-refractivity contribution in [3.8, 4) is 0 Å². The molecule has 1 aromatic carbocycles. The SMILES string of the molecule is CCc1ccc(CC2CC(c3ccccc3)CCC2N)s1. The fourth-order valence-electron chi connectivity index (χ4n) is 3.53. The van der Waals surface area contributed by atoms with Gasteiger partial charge in [-0.15, -0.1) is 11.3 Å². The monoisotopic (exact) mass is 299 g/mol. The minimum Gasteiger partial charge on any atom is -0.327 e. The van der Waals surface area contributed by atoms with E-state index in [4.69, 9.17) is 5.73 Å². The van der Waals surface area contributed by atoms with E-state index in [1.807, 2.05) is 11.3 Å². The Hall–Kier alpha value is -1.12. The minimum atomic E-state index is 0.372. The molecule has 1 saturated carbocycles. The molecule has 0 radical (unpaired) electrons. The average molecular weight is 299 g/mol. The molecule has 112 valence electrons. The third-order valence-corrected chi connectivity index (χ3v) is 6.09. The topological polar surface area (TPSA) is 26.0 Å². The maximum absolute atomic E-state index is 6.41. The Kier molecular flexibility index (Phi) is 4.77. The average Bonchev–Trinajstić information content (AvgIpc) is 2.98. The Bertz CT molecular complexity index is 560. The van der Waals surface area contributed by atoms with Crippen LogP contribution in [-0.2, 0) is 12.8 Å². The maximum Gasteiger partial charge on any atom is 0.00710 e. The van der Waals surface area contributed by atoms with Crippen LogP contribution in [0.3, 0.4) is 0 Å². The summed E-state index contributed by atoms with van der Waals surface area (Å²) in [6.45, 7) is 2.23. The summed E-state index contributed by atoms with van der Waals surface area (Å²) in [6, 6.07) is 15.9. The van der Waals surface area contributed by atoms with Gasteiger partial charge >= 0.3 is 0 Å². The smallest absolute Gasteiger partial charge is 0.00710 e. The van der Waals surface area contributed by atoms with Crippen molar-refractivity contribution in [3.05, 3.63) is 57.8 Å².